The number of hydrogen-bond donors (Lipinski definition) is 2. The van der Waals surface area contributed by atoms with Crippen LogP contribution in [0.5, 0.6) is 0 Å². The lowest BCUT2D eigenvalue weighted by Crippen LogP contribution is -2.53. The van der Waals surface area contributed by atoms with Crippen molar-refractivity contribution in [2.45, 2.75) is 13.5 Å². The van der Waals surface area contributed by atoms with Crippen molar-refractivity contribution in [3.8, 4) is 0 Å². The van der Waals surface area contributed by atoms with Crippen molar-refractivity contribution in [3.05, 3.63) is 65.5 Å². The molecule has 1 fully saturated rings. The molecule has 0 aliphatic carbocycles. The van der Waals surface area contributed by atoms with Crippen molar-refractivity contribution in [2.24, 2.45) is 0 Å². The van der Waals surface area contributed by atoms with Crippen LogP contribution in [0, 0.1) is 12.7 Å². The molecule has 27 heavy (non-hydrogen) atoms. The molecule has 2 aromatic carbocycles. The van der Waals surface area contributed by atoms with Gasteiger partial charge in [-0.2, -0.15) is 0 Å². The third-order valence-corrected chi connectivity index (χ3v) is 4.48. The number of piperazine rings is 1. The molecule has 4 amide bonds. The number of halogens is 1. The number of urea groups is 2. The Hall–Kier alpha value is -3.09. The highest BCUT2D eigenvalue weighted by Gasteiger charge is 2.24. The molecule has 7 heteroatoms. The Labute approximate surface area is 158 Å². The number of hydrogen-bond acceptors (Lipinski definition) is 2. The highest BCUT2D eigenvalue weighted by molar-refractivity contribution is 5.89. The van der Waals surface area contributed by atoms with Crippen LogP contribution in [0.1, 0.15) is 11.1 Å². The first-order chi connectivity index (χ1) is 13.0. The van der Waals surface area contributed by atoms with Crippen LogP contribution in [0.4, 0.5) is 19.7 Å². The summed E-state index contributed by atoms with van der Waals surface area (Å²) in [5.41, 5.74) is 2.68. The van der Waals surface area contributed by atoms with E-state index in [9.17, 15) is 14.0 Å². The van der Waals surface area contributed by atoms with E-state index in [-0.39, 0.29) is 17.9 Å². The van der Waals surface area contributed by atoms with Gasteiger partial charge in [0.2, 0.25) is 0 Å². The standard InChI is InChI=1S/C20H23FN4O2/c1-15-3-2-4-18(13-15)23-20(27)25-11-9-24(10-12-25)19(26)22-14-16-5-7-17(21)8-6-16/h2-8,13H,9-12,14H2,1H3,(H,22,26)(H,23,27). The minimum atomic E-state index is -0.301. The van der Waals surface area contributed by atoms with Crippen LogP contribution in [0.25, 0.3) is 0 Å². The van der Waals surface area contributed by atoms with Gasteiger partial charge in [-0.3, -0.25) is 0 Å². The smallest absolute Gasteiger partial charge is 0.321 e. The van der Waals surface area contributed by atoms with E-state index in [1.807, 2.05) is 31.2 Å². The zero-order valence-corrected chi connectivity index (χ0v) is 15.2. The number of carbonyl (C=O) groups excluding carboxylic acids is 2. The highest BCUT2D eigenvalue weighted by Crippen LogP contribution is 2.12. The Kier molecular flexibility index (Phi) is 5.90. The van der Waals surface area contributed by atoms with E-state index in [0.29, 0.717) is 32.7 Å². The second-order valence-corrected chi connectivity index (χ2v) is 6.56. The number of nitrogens with zero attached hydrogens (tertiary/aromatic N) is 2. The van der Waals surface area contributed by atoms with E-state index < -0.39 is 0 Å². The Morgan fingerprint density at radius 2 is 1.59 bits per heavy atom. The monoisotopic (exact) mass is 370 g/mol. The van der Waals surface area contributed by atoms with Gasteiger partial charge in [0.1, 0.15) is 5.82 Å². The van der Waals surface area contributed by atoms with E-state index in [4.69, 9.17) is 0 Å². The van der Waals surface area contributed by atoms with Gasteiger partial charge < -0.3 is 20.4 Å². The molecule has 142 valence electrons. The first-order valence-electron chi connectivity index (χ1n) is 8.91. The highest BCUT2D eigenvalue weighted by atomic mass is 19.1. The summed E-state index contributed by atoms with van der Waals surface area (Å²) in [6, 6.07) is 13.3. The van der Waals surface area contributed by atoms with Crippen molar-refractivity contribution in [2.75, 3.05) is 31.5 Å². The van der Waals surface area contributed by atoms with Crippen LogP contribution in [-0.4, -0.2) is 48.0 Å². The van der Waals surface area contributed by atoms with Crippen molar-refractivity contribution in [1.29, 1.82) is 0 Å². The van der Waals surface area contributed by atoms with Crippen LogP contribution in [0.2, 0.25) is 0 Å². The lowest BCUT2D eigenvalue weighted by Gasteiger charge is -2.34. The molecule has 2 N–H and O–H groups in total. The molecule has 0 unspecified atom stereocenters. The summed E-state index contributed by atoms with van der Waals surface area (Å²) in [5.74, 6) is -0.301. The molecule has 0 spiro atoms. The molecule has 6 nitrogen and oxygen atoms in total. The van der Waals surface area contributed by atoms with E-state index in [2.05, 4.69) is 10.6 Å². The average Bonchev–Trinajstić information content (AvgIpc) is 2.67. The number of aryl methyl sites for hydroxylation is 1. The molecular weight excluding hydrogens is 347 g/mol. The van der Waals surface area contributed by atoms with Gasteiger partial charge >= 0.3 is 12.1 Å². The van der Waals surface area contributed by atoms with Crippen molar-refractivity contribution in [1.82, 2.24) is 15.1 Å². The number of carbonyl (C=O) groups is 2. The maximum absolute atomic E-state index is 12.9. The van der Waals surface area contributed by atoms with E-state index in [0.717, 1.165) is 16.8 Å². The first kappa shape index (κ1) is 18.7. The summed E-state index contributed by atoms with van der Waals surface area (Å²) in [5, 5.41) is 5.71. The molecular formula is C20H23FN4O2. The summed E-state index contributed by atoms with van der Waals surface area (Å²) >= 11 is 0. The van der Waals surface area contributed by atoms with Crippen molar-refractivity contribution < 1.29 is 14.0 Å². The number of nitrogens with one attached hydrogen (secondary N) is 2. The SMILES string of the molecule is Cc1cccc(NC(=O)N2CCN(C(=O)NCc3ccc(F)cc3)CC2)c1. The summed E-state index contributed by atoms with van der Waals surface area (Å²) < 4.78 is 12.9. The van der Waals surface area contributed by atoms with E-state index in [1.54, 1.807) is 21.9 Å². The zero-order valence-electron chi connectivity index (χ0n) is 15.2. The summed E-state index contributed by atoms with van der Waals surface area (Å²) in [7, 11) is 0. The molecule has 0 aromatic heterocycles. The Morgan fingerprint density at radius 3 is 2.22 bits per heavy atom. The number of rotatable bonds is 3. The van der Waals surface area contributed by atoms with Gasteiger partial charge in [-0.15, -0.1) is 0 Å². The van der Waals surface area contributed by atoms with Crippen LogP contribution < -0.4 is 10.6 Å². The predicted octanol–water partition coefficient (Wildman–Crippen LogP) is 3.19. The number of benzene rings is 2. The van der Waals surface area contributed by atoms with Gasteiger partial charge in [0, 0.05) is 38.4 Å². The lowest BCUT2D eigenvalue weighted by molar-refractivity contribution is 0.149. The molecule has 0 bridgehead atoms. The zero-order chi connectivity index (χ0) is 19.2. The molecule has 0 atom stereocenters. The number of amides is 4. The van der Waals surface area contributed by atoms with Crippen LogP contribution >= 0.6 is 0 Å². The minimum absolute atomic E-state index is 0.160. The Morgan fingerprint density at radius 1 is 0.963 bits per heavy atom. The van der Waals surface area contributed by atoms with E-state index >= 15 is 0 Å². The van der Waals surface area contributed by atoms with Crippen molar-refractivity contribution in [3.63, 3.8) is 0 Å². The second-order valence-electron chi connectivity index (χ2n) is 6.56. The van der Waals surface area contributed by atoms with Gasteiger partial charge in [0.25, 0.3) is 0 Å². The van der Waals surface area contributed by atoms with Gasteiger partial charge in [0.05, 0.1) is 0 Å². The Balaban J connectivity index is 1.44. The largest absolute Gasteiger partial charge is 0.334 e. The fraction of sp³-hybridized carbons (Fsp3) is 0.300. The quantitative estimate of drug-likeness (QED) is 0.872. The fourth-order valence-corrected chi connectivity index (χ4v) is 2.93. The van der Waals surface area contributed by atoms with Gasteiger partial charge in [-0.1, -0.05) is 24.3 Å². The maximum Gasteiger partial charge on any atom is 0.321 e. The van der Waals surface area contributed by atoms with Gasteiger partial charge in [-0.05, 0) is 42.3 Å². The first-order valence-corrected chi connectivity index (χ1v) is 8.91. The lowest BCUT2D eigenvalue weighted by atomic mass is 10.2. The number of anilines is 1. The summed E-state index contributed by atoms with van der Waals surface area (Å²) in [6.45, 7) is 4.20. The summed E-state index contributed by atoms with van der Waals surface area (Å²) in [4.78, 5) is 28.0. The summed E-state index contributed by atoms with van der Waals surface area (Å²) in [6.07, 6.45) is 0. The van der Waals surface area contributed by atoms with Crippen LogP contribution in [0.3, 0.4) is 0 Å². The molecule has 1 aliphatic rings. The van der Waals surface area contributed by atoms with Crippen LogP contribution in [0.15, 0.2) is 48.5 Å². The predicted molar refractivity (Wildman–Crippen MR) is 102 cm³/mol. The molecule has 0 saturated carbocycles. The molecule has 1 saturated heterocycles. The third kappa shape index (κ3) is 5.20. The van der Waals surface area contributed by atoms with Gasteiger partial charge in [-0.25, -0.2) is 14.0 Å². The van der Waals surface area contributed by atoms with Crippen LogP contribution in [-0.2, 0) is 6.54 Å². The molecule has 2 aromatic rings. The van der Waals surface area contributed by atoms with Crippen molar-refractivity contribution >= 4 is 17.7 Å². The minimum Gasteiger partial charge on any atom is -0.334 e. The normalized spacial score (nSPS) is 14.0. The third-order valence-electron chi connectivity index (χ3n) is 4.48. The molecule has 1 aliphatic heterocycles. The second kappa shape index (κ2) is 8.53. The van der Waals surface area contributed by atoms with Gasteiger partial charge in [0.15, 0.2) is 0 Å². The fourth-order valence-electron chi connectivity index (χ4n) is 2.93. The molecule has 0 radical (unpaired) electrons. The average molecular weight is 370 g/mol. The topological polar surface area (TPSA) is 64.7 Å². The molecule has 1 heterocycles. The van der Waals surface area contributed by atoms with E-state index in [1.165, 1.54) is 12.1 Å². The molecule has 3 rings (SSSR count). The maximum atomic E-state index is 12.9. The Bertz CT molecular complexity index is 802.